The Kier molecular flexibility index (Phi) is 4.43. The van der Waals surface area contributed by atoms with Crippen LogP contribution in [0.3, 0.4) is 0 Å². The summed E-state index contributed by atoms with van der Waals surface area (Å²) in [5.74, 6) is 0. The highest BCUT2D eigenvalue weighted by Gasteiger charge is 1.64. The van der Waals surface area contributed by atoms with Gasteiger partial charge in [0.1, 0.15) is 0 Å². The van der Waals surface area contributed by atoms with Crippen molar-refractivity contribution >= 4 is 9.24 Å². The van der Waals surface area contributed by atoms with Crippen LogP contribution < -0.4 is 0 Å². The first-order valence-corrected chi connectivity index (χ1v) is 1.64. The Morgan fingerprint density at radius 1 is 1.67 bits per heavy atom. The monoisotopic (exact) mass is 108 g/mol. The molecule has 0 fully saturated rings. The maximum atomic E-state index is 10.3. The molecule has 0 rings (SSSR count). The summed E-state index contributed by atoms with van der Waals surface area (Å²) in [7, 11) is 2.00. The maximum absolute atomic E-state index is 10.3. The summed E-state index contributed by atoms with van der Waals surface area (Å²) in [5.41, 5.74) is 2.15. The first kappa shape index (κ1) is 5.68. The fourth-order valence-corrected chi connectivity index (χ4v) is 0.0879. The van der Waals surface area contributed by atoms with Crippen LogP contribution >= 0.6 is 9.24 Å². The van der Waals surface area contributed by atoms with Crippen molar-refractivity contribution in [1.29, 1.82) is 0 Å². The van der Waals surface area contributed by atoms with Crippen molar-refractivity contribution in [3.05, 3.63) is 0 Å². The van der Waals surface area contributed by atoms with Gasteiger partial charge in [-0.15, -0.1) is 0 Å². The molecule has 0 aromatic rings. The van der Waals surface area contributed by atoms with Crippen LogP contribution in [0.25, 0.3) is 0 Å². The lowest BCUT2D eigenvalue weighted by Crippen LogP contribution is -1.67. The molecule has 0 aromatic heterocycles. The lowest BCUT2D eigenvalue weighted by atomic mass is 11.3. The van der Waals surface area contributed by atoms with Gasteiger partial charge < -0.3 is 0 Å². The Hall–Kier alpha value is -0.320. The van der Waals surface area contributed by atoms with E-state index in [0.717, 1.165) is 0 Å². The van der Waals surface area contributed by atoms with Crippen molar-refractivity contribution in [1.82, 2.24) is 0 Å². The van der Waals surface area contributed by atoms with Crippen molar-refractivity contribution in [2.45, 2.75) is 0 Å². The summed E-state index contributed by atoms with van der Waals surface area (Å²) in [5, 5.41) is 2.60. The van der Waals surface area contributed by atoms with Gasteiger partial charge in [-0.3, -0.25) is 0 Å². The number of rotatable bonds is 1. The molecule has 0 radical (unpaired) electrons. The highest BCUT2D eigenvalue weighted by molar-refractivity contribution is 7.23. The summed E-state index contributed by atoms with van der Waals surface area (Å²) in [4.78, 5) is 3.43. The third kappa shape index (κ3) is 3.68. The second-order valence-corrected chi connectivity index (χ2v) is 0.681. The molecule has 6 heavy (non-hydrogen) atoms. The van der Waals surface area contributed by atoms with Crippen molar-refractivity contribution < 1.29 is 14.5 Å². The molecule has 0 N–H and O–H groups in total. The third-order valence-corrected chi connectivity index (χ3v) is 0.250. The van der Waals surface area contributed by atoms with Gasteiger partial charge in [-0.05, 0) is 10.2 Å². The zero-order valence-electron chi connectivity index (χ0n) is 2.77. The quantitative estimate of drug-likeness (QED) is 0.212. The molecule has 2 nitrogen and oxygen atoms in total. The first-order valence-electron chi connectivity index (χ1n) is 1.06. The molecule has 0 aromatic carbocycles. The van der Waals surface area contributed by atoms with Gasteiger partial charge in [0.15, 0.2) is 6.11 Å². The number of halogens is 1. The average molecular weight is 108 g/mol. The number of hydrogen-bond acceptors (Lipinski definition) is 2. The Bertz CT molecular complexity index is 73.4. The zero-order chi connectivity index (χ0) is 4.83. The summed E-state index contributed by atoms with van der Waals surface area (Å²) in [6, 6.07) is 0. The van der Waals surface area contributed by atoms with Gasteiger partial charge in [0, 0.05) is 5.09 Å². The molecular formula is C2H2FO2P. The third-order valence-electron chi connectivity index (χ3n) is 0.132. The van der Waals surface area contributed by atoms with E-state index in [-0.39, 0.29) is 0 Å². The van der Waals surface area contributed by atoms with E-state index in [9.17, 15) is 4.53 Å². The van der Waals surface area contributed by atoms with Gasteiger partial charge in [0.25, 0.3) is 0 Å². The van der Waals surface area contributed by atoms with Gasteiger partial charge >= 0.3 is 0 Å². The SMILES string of the molecule is FOOC#CP. The Labute approximate surface area is 36.7 Å². The zero-order valence-corrected chi connectivity index (χ0v) is 3.93. The van der Waals surface area contributed by atoms with Crippen LogP contribution in [0.2, 0.25) is 0 Å². The van der Waals surface area contributed by atoms with Gasteiger partial charge in [0.05, 0.1) is 0 Å². The fraction of sp³-hybridized carbons (Fsp3) is 0. The van der Waals surface area contributed by atoms with Gasteiger partial charge in [-0.1, -0.05) is 9.24 Å². The molecule has 0 heterocycles. The minimum absolute atomic E-state index is 1.81. The highest BCUT2D eigenvalue weighted by Crippen LogP contribution is 1.74. The molecule has 0 saturated carbocycles. The largest absolute Gasteiger partial charge is 0.248 e. The molecule has 0 saturated heterocycles. The molecule has 0 spiro atoms. The second-order valence-electron chi connectivity index (χ2n) is 0.393. The predicted molar refractivity (Wildman–Crippen MR) is 20.8 cm³/mol. The van der Waals surface area contributed by atoms with E-state index in [1.54, 1.807) is 0 Å². The summed E-state index contributed by atoms with van der Waals surface area (Å²) < 4.78 is 10.3. The van der Waals surface area contributed by atoms with Crippen molar-refractivity contribution in [3.8, 4) is 11.8 Å². The Morgan fingerprint density at radius 2 is 2.33 bits per heavy atom. The van der Waals surface area contributed by atoms with Crippen molar-refractivity contribution in [2.75, 3.05) is 0 Å². The van der Waals surface area contributed by atoms with Gasteiger partial charge in [-0.25, -0.2) is 4.89 Å². The van der Waals surface area contributed by atoms with Crippen LogP contribution in [0.4, 0.5) is 4.53 Å². The van der Waals surface area contributed by atoms with Gasteiger partial charge in [-0.2, -0.15) is 0 Å². The molecule has 0 bridgehead atoms. The van der Waals surface area contributed by atoms with E-state index in [1.165, 1.54) is 0 Å². The van der Waals surface area contributed by atoms with Crippen LogP contribution in [0, 0.1) is 11.8 Å². The minimum Gasteiger partial charge on any atom is -0.248 e. The highest BCUT2D eigenvalue weighted by atomic mass is 31.0. The smallest absolute Gasteiger partial charge is 0.164 e. The van der Waals surface area contributed by atoms with Crippen molar-refractivity contribution in [2.24, 2.45) is 0 Å². The number of hydrogen-bond donors (Lipinski definition) is 0. The van der Waals surface area contributed by atoms with E-state index >= 15 is 0 Å². The van der Waals surface area contributed by atoms with Crippen LogP contribution in [0.1, 0.15) is 0 Å². The standard InChI is InChI=1S/C2H2FO2P/c3-5-4-1-2-6/h6H2. The molecular weight excluding hydrogens is 106 g/mol. The van der Waals surface area contributed by atoms with Crippen LogP contribution in [-0.2, 0) is 9.98 Å². The second kappa shape index (κ2) is 4.68. The van der Waals surface area contributed by atoms with Crippen LogP contribution in [0.5, 0.6) is 0 Å². The van der Waals surface area contributed by atoms with E-state index in [1.807, 2.05) is 15.3 Å². The Morgan fingerprint density at radius 3 is 2.50 bits per heavy atom. The normalized spacial score (nSPS) is 5.67. The summed E-state index contributed by atoms with van der Waals surface area (Å²) >= 11 is 0. The fourth-order valence-electron chi connectivity index (χ4n) is 0.0398. The maximum Gasteiger partial charge on any atom is 0.164 e. The lowest BCUT2D eigenvalue weighted by molar-refractivity contribution is -0.390. The molecule has 0 aliphatic rings. The predicted octanol–water partition coefficient (Wildman–Crippen LogP) is 0.613. The average Bonchev–Trinajstić information content (AvgIpc) is 1.61. The van der Waals surface area contributed by atoms with E-state index in [0.29, 0.717) is 0 Å². The lowest BCUT2D eigenvalue weighted by Gasteiger charge is -1.72. The van der Waals surface area contributed by atoms with E-state index < -0.39 is 0 Å². The van der Waals surface area contributed by atoms with E-state index in [4.69, 9.17) is 0 Å². The molecule has 1 unspecified atom stereocenters. The first-order chi connectivity index (χ1) is 2.91. The molecule has 1 atom stereocenters. The molecule has 0 aliphatic heterocycles. The summed E-state index contributed by atoms with van der Waals surface area (Å²) in [6.45, 7) is 0. The van der Waals surface area contributed by atoms with Crippen molar-refractivity contribution in [3.63, 3.8) is 0 Å². The minimum atomic E-state index is 1.81. The van der Waals surface area contributed by atoms with Gasteiger partial charge in [0.2, 0.25) is 0 Å². The van der Waals surface area contributed by atoms with Crippen LogP contribution in [0.15, 0.2) is 0 Å². The van der Waals surface area contributed by atoms with Crippen LogP contribution in [-0.4, -0.2) is 0 Å². The topological polar surface area (TPSA) is 18.5 Å². The molecule has 0 aliphatic carbocycles. The Balaban J connectivity index is 2.79. The molecule has 4 heteroatoms. The summed E-state index contributed by atoms with van der Waals surface area (Å²) in [6.07, 6.45) is 1.81. The molecule has 0 amide bonds. The van der Waals surface area contributed by atoms with E-state index in [2.05, 4.69) is 15.6 Å². The molecule has 34 valence electrons.